The number of benzene rings is 4. The molecule has 0 N–H and O–H groups in total. The number of rotatable bonds is 4. The highest BCUT2D eigenvalue weighted by molar-refractivity contribution is 6.09. The van der Waals surface area contributed by atoms with Crippen LogP contribution in [0.15, 0.2) is 91.0 Å². The van der Waals surface area contributed by atoms with Crippen LogP contribution in [0.5, 0.6) is 5.75 Å². The van der Waals surface area contributed by atoms with Gasteiger partial charge in [-0.25, -0.2) is 9.18 Å². The largest absolute Gasteiger partial charge is 0.423 e. The fourth-order valence-electron chi connectivity index (χ4n) is 2.92. The Morgan fingerprint density at radius 3 is 1.89 bits per heavy atom. The molecule has 0 unspecified atom stereocenters. The Morgan fingerprint density at radius 1 is 0.643 bits per heavy atom. The smallest absolute Gasteiger partial charge is 0.343 e. The van der Waals surface area contributed by atoms with Crippen molar-refractivity contribution >= 4 is 22.5 Å². The molecule has 0 heterocycles. The topological polar surface area (TPSA) is 43.4 Å². The van der Waals surface area contributed by atoms with Crippen LogP contribution in [0.1, 0.15) is 26.3 Å². The zero-order chi connectivity index (χ0) is 19.5. The Bertz CT molecular complexity index is 1160. The monoisotopic (exact) mass is 370 g/mol. The molecule has 4 aromatic carbocycles. The molecule has 0 saturated carbocycles. The number of hydrogen-bond acceptors (Lipinski definition) is 3. The fraction of sp³-hybridized carbons (Fsp3) is 0. The average Bonchev–Trinajstić information content (AvgIpc) is 2.74. The maximum Gasteiger partial charge on any atom is 0.343 e. The number of esters is 1. The van der Waals surface area contributed by atoms with Gasteiger partial charge in [-0.05, 0) is 71.4 Å². The van der Waals surface area contributed by atoms with Gasteiger partial charge >= 0.3 is 5.97 Å². The van der Waals surface area contributed by atoms with Gasteiger partial charge < -0.3 is 4.74 Å². The van der Waals surface area contributed by atoms with Crippen LogP contribution in [0.4, 0.5) is 4.39 Å². The van der Waals surface area contributed by atoms with E-state index < -0.39 is 11.8 Å². The Hall–Kier alpha value is -3.79. The van der Waals surface area contributed by atoms with Gasteiger partial charge in [0.05, 0.1) is 5.56 Å². The molecule has 0 aliphatic heterocycles. The number of halogens is 1. The van der Waals surface area contributed by atoms with Gasteiger partial charge in [0.1, 0.15) is 11.6 Å². The van der Waals surface area contributed by atoms with E-state index in [0.29, 0.717) is 22.4 Å². The van der Waals surface area contributed by atoms with Gasteiger partial charge in [0, 0.05) is 11.1 Å². The van der Waals surface area contributed by atoms with Crippen LogP contribution in [0.2, 0.25) is 0 Å². The van der Waals surface area contributed by atoms with E-state index in [4.69, 9.17) is 4.74 Å². The Morgan fingerprint density at radius 2 is 1.21 bits per heavy atom. The van der Waals surface area contributed by atoms with E-state index in [2.05, 4.69) is 0 Å². The molecule has 0 aliphatic carbocycles. The first-order valence-electron chi connectivity index (χ1n) is 8.71. The van der Waals surface area contributed by atoms with Crippen LogP contribution in [0.3, 0.4) is 0 Å². The molecule has 4 rings (SSSR count). The van der Waals surface area contributed by atoms with E-state index in [1.54, 1.807) is 36.4 Å². The summed E-state index contributed by atoms with van der Waals surface area (Å²) in [7, 11) is 0. The van der Waals surface area contributed by atoms with E-state index in [1.165, 1.54) is 24.3 Å². The van der Waals surface area contributed by atoms with Gasteiger partial charge in [-0.3, -0.25) is 4.79 Å². The first-order chi connectivity index (χ1) is 13.6. The number of ether oxygens (including phenoxy) is 1. The average molecular weight is 370 g/mol. The summed E-state index contributed by atoms with van der Waals surface area (Å²) in [4.78, 5) is 24.8. The molecule has 0 bridgehead atoms. The molecule has 0 amide bonds. The summed E-state index contributed by atoms with van der Waals surface area (Å²) in [5.41, 5.74) is 1.27. The molecule has 4 aromatic rings. The normalized spacial score (nSPS) is 10.6. The van der Waals surface area contributed by atoms with Crippen molar-refractivity contribution in [3.05, 3.63) is 114 Å². The second-order valence-corrected chi connectivity index (χ2v) is 6.31. The molecule has 136 valence electrons. The van der Waals surface area contributed by atoms with E-state index >= 15 is 0 Å². The first-order valence-corrected chi connectivity index (χ1v) is 8.71. The zero-order valence-electron chi connectivity index (χ0n) is 14.8. The molecule has 0 aliphatic rings. The van der Waals surface area contributed by atoms with Crippen molar-refractivity contribution in [2.24, 2.45) is 0 Å². The number of ketones is 1. The molecule has 4 heteroatoms. The highest BCUT2D eigenvalue weighted by Gasteiger charge is 2.12. The van der Waals surface area contributed by atoms with Gasteiger partial charge in [-0.2, -0.15) is 0 Å². The highest BCUT2D eigenvalue weighted by Crippen LogP contribution is 2.19. The lowest BCUT2D eigenvalue weighted by molar-refractivity contribution is 0.0735. The second kappa shape index (κ2) is 7.45. The summed E-state index contributed by atoms with van der Waals surface area (Å²) < 4.78 is 18.4. The van der Waals surface area contributed by atoms with E-state index in [-0.39, 0.29) is 5.78 Å². The molecular formula is C24H15FO3. The van der Waals surface area contributed by atoms with Gasteiger partial charge in [0.15, 0.2) is 5.78 Å². The first kappa shape index (κ1) is 17.6. The Balaban J connectivity index is 1.49. The summed E-state index contributed by atoms with van der Waals surface area (Å²) >= 11 is 0. The molecule has 0 fully saturated rings. The highest BCUT2D eigenvalue weighted by atomic mass is 19.1. The van der Waals surface area contributed by atoms with Gasteiger partial charge in [-0.1, -0.05) is 30.3 Å². The molecule has 3 nitrogen and oxygen atoms in total. The summed E-state index contributed by atoms with van der Waals surface area (Å²) in [6.45, 7) is 0. The van der Waals surface area contributed by atoms with Crippen LogP contribution < -0.4 is 4.74 Å². The zero-order valence-corrected chi connectivity index (χ0v) is 14.8. The summed E-state index contributed by atoms with van der Waals surface area (Å²) in [5, 5.41) is 2.00. The summed E-state index contributed by atoms with van der Waals surface area (Å²) in [6, 6.07) is 24.8. The maximum atomic E-state index is 13.0. The van der Waals surface area contributed by atoms with Crippen molar-refractivity contribution in [2.75, 3.05) is 0 Å². The lowest BCUT2D eigenvalue weighted by Crippen LogP contribution is -2.08. The second-order valence-electron chi connectivity index (χ2n) is 6.31. The van der Waals surface area contributed by atoms with Crippen LogP contribution in [-0.2, 0) is 0 Å². The minimum Gasteiger partial charge on any atom is -0.423 e. The van der Waals surface area contributed by atoms with E-state index in [1.807, 2.05) is 30.3 Å². The standard InChI is InChI=1S/C24H15FO3/c25-21-11-7-17(8-12-21)23(26)18-9-13-22(14-10-18)28-24(27)20-6-5-16-3-1-2-4-19(16)15-20/h1-15H. The Labute approximate surface area is 161 Å². The minimum absolute atomic E-state index is 0.229. The third-order valence-corrected chi connectivity index (χ3v) is 4.42. The molecular weight excluding hydrogens is 355 g/mol. The van der Waals surface area contributed by atoms with E-state index in [0.717, 1.165) is 10.8 Å². The number of carbonyl (C=O) groups excluding carboxylic acids is 2. The maximum absolute atomic E-state index is 13.0. The third-order valence-electron chi connectivity index (χ3n) is 4.42. The quantitative estimate of drug-likeness (QED) is 0.273. The summed E-state index contributed by atoms with van der Waals surface area (Å²) in [6.07, 6.45) is 0. The van der Waals surface area contributed by atoms with Crippen LogP contribution in [0, 0.1) is 5.82 Å². The van der Waals surface area contributed by atoms with E-state index in [9.17, 15) is 14.0 Å². The Kier molecular flexibility index (Phi) is 4.68. The lowest BCUT2D eigenvalue weighted by atomic mass is 10.0. The number of hydrogen-bond donors (Lipinski definition) is 0. The predicted molar refractivity (Wildman–Crippen MR) is 105 cm³/mol. The van der Waals surface area contributed by atoms with Crippen molar-refractivity contribution < 1.29 is 18.7 Å². The van der Waals surface area contributed by atoms with Gasteiger partial charge in [-0.15, -0.1) is 0 Å². The summed E-state index contributed by atoms with van der Waals surface area (Å²) in [5.74, 6) is -0.753. The molecule has 0 spiro atoms. The molecule has 28 heavy (non-hydrogen) atoms. The fourth-order valence-corrected chi connectivity index (χ4v) is 2.92. The lowest BCUT2D eigenvalue weighted by Gasteiger charge is -2.07. The minimum atomic E-state index is -0.469. The van der Waals surface area contributed by atoms with Crippen molar-refractivity contribution in [1.29, 1.82) is 0 Å². The van der Waals surface area contributed by atoms with Crippen molar-refractivity contribution in [3.8, 4) is 5.75 Å². The predicted octanol–water partition coefficient (Wildman–Crippen LogP) is 5.43. The van der Waals surface area contributed by atoms with Crippen molar-refractivity contribution in [3.63, 3.8) is 0 Å². The third kappa shape index (κ3) is 3.67. The van der Waals surface area contributed by atoms with Crippen LogP contribution in [-0.4, -0.2) is 11.8 Å². The number of fused-ring (bicyclic) bond motifs is 1. The molecule has 0 saturated heterocycles. The molecule has 0 radical (unpaired) electrons. The van der Waals surface area contributed by atoms with Crippen LogP contribution in [0.25, 0.3) is 10.8 Å². The SMILES string of the molecule is O=C(Oc1ccc(C(=O)c2ccc(F)cc2)cc1)c1ccc2ccccc2c1. The number of carbonyl (C=O) groups is 2. The van der Waals surface area contributed by atoms with Gasteiger partial charge in [0.25, 0.3) is 0 Å². The molecule has 0 aromatic heterocycles. The van der Waals surface area contributed by atoms with Gasteiger partial charge in [0.2, 0.25) is 0 Å². The van der Waals surface area contributed by atoms with Crippen molar-refractivity contribution in [2.45, 2.75) is 0 Å². The van der Waals surface area contributed by atoms with Crippen molar-refractivity contribution in [1.82, 2.24) is 0 Å². The molecule has 0 atom stereocenters. The van der Waals surface area contributed by atoms with Crippen LogP contribution >= 0.6 is 0 Å².